The molecule has 3 aromatic rings. The quantitative estimate of drug-likeness (QED) is 0.445. The summed E-state index contributed by atoms with van der Waals surface area (Å²) in [7, 11) is 1.61. The van der Waals surface area contributed by atoms with Crippen molar-refractivity contribution in [1.82, 2.24) is 9.55 Å². The van der Waals surface area contributed by atoms with Gasteiger partial charge in [0.25, 0.3) is 0 Å². The number of ether oxygens (including phenoxy) is 3. The first kappa shape index (κ1) is 26.3. The van der Waals surface area contributed by atoms with Crippen LogP contribution in [0.4, 0.5) is 5.69 Å². The number of aromatic amines is 1. The average molecular weight is 510 g/mol. The van der Waals surface area contributed by atoms with Gasteiger partial charge in [-0.25, -0.2) is 9.59 Å². The number of aromatic nitrogens is 2. The maximum Gasteiger partial charge on any atom is 0.344 e. The van der Waals surface area contributed by atoms with E-state index < -0.39 is 11.6 Å². The summed E-state index contributed by atoms with van der Waals surface area (Å²) in [6.45, 7) is 7.08. The lowest BCUT2D eigenvalue weighted by Gasteiger charge is -2.28. The molecular weight excluding hydrogens is 474 g/mol. The molecule has 2 aromatic carbocycles. The van der Waals surface area contributed by atoms with Gasteiger partial charge in [0, 0.05) is 23.7 Å². The summed E-state index contributed by atoms with van der Waals surface area (Å²) in [6.07, 6.45) is 2.75. The van der Waals surface area contributed by atoms with Crippen LogP contribution in [0.25, 0.3) is 11.0 Å². The van der Waals surface area contributed by atoms with Crippen LogP contribution < -0.4 is 20.5 Å². The zero-order valence-corrected chi connectivity index (χ0v) is 22.1. The molecule has 37 heavy (non-hydrogen) atoms. The summed E-state index contributed by atoms with van der Waals surface area (Å²) in [5.41, 5.74) is 2.13. The lowest BCUT2D eigenvalue weighted by Crippen LogP contribution is -2.31. The molecule has 0 radical (unpaired) electrons. The number of benzene rings is 2. The molecule has 0 unspecified atom stereocenters. The number of hydrogen-bond acceptors (Lipinski definition) is 6. The SMILES string of the molecule is COc1cc(NC(=O)[C@H]2CC[C@@H](n3c(=O)[nH]c4c(OCC(=O)OC(C)(C)C)cccc43)CC2)ccc1C. The van der Waals surface area contributed by atoms with Gasteiger partial charge in [-0.05, 0) is 77.1 Å². The Bertz CT molecular complexity index is 1340. The summed E-state index contributed by atoms with van der Waals surface area (Å²) in [6, 6.07) is 10.9. The van der Waals surface area contributed by atoms with Crippen LogP contribution in [-0.2, 0) is 14.3 Å². The summed E-state index contributed by atoms with van der Waals surface area (Å²) in [5.74, 6) is 0.521. The number of nitrogens with one attached hydrogen (secondary N) is 2. The van der Waals surface area contributed by atoms with Gasteiger partial charge in [0.1, 0.15) is 22.6 Å². The van der Waals surface area contributed by atoms with E-state index in [4.69, 9.17) is 14.2 Å². The minimum absolute atomic E-state index is 0.0199. The molecule has 1 aliphatic rings. The first-order chi connectivity index (χ1) is 17.6. The number of esters is 1. The number of rotatable bonds is 7. The van der Waals surface area contributed by atoms with Gasteiger partial charge in [0.2, 0.25) is 5.91 Å². The number of carbonyl (C=O) groups excluding carboxylic acids is 2. The summed E-state index contributed by atoms with van der Waals surface area (Å²) in [5, 5.41) is 3.00. The van der Waals surface area contributed by atoms with Gasteiger partial charge in [0.05, 0.1) is 12.6 Å². The molecule has 1 amide bonds. The van der Waals surface area contributed by atoms with Crippen molar-refractivity contribution in [2.24, 2.45) is 5.92 Å². The van der Waals surface area contributed by atoms with Crippen molar-refractivity contribution in [1.29, 1.82) is 0 Å². The minimum atomic E-state index is -0.604. The Labute approximate surface area is 216 Å². The van der Waals surface area contributed by atoms with Gasteiger partial charge >= 0.3 is 11.7 Å². The fourth-order valence-electron chi connectivity index (χ4n) is 4.85. The van der Waals surface area contributed by atoms with E-state index in [0.29, 0.717) is 48.2 Å². The van der Waals surface area contributed by atoms with E-state index in [2.05, 4.69) is 10.3 Å². The van der Waals surface area contributed by atoms with Gasteiger partial charge in [-0.2, -0.15) is 0 Å². The Balaban J connectivity index is 1.42. The molecule has 2 N–H and O–H groups in total. The van der Waals surface area contributed by atoms with Crippen molar-refractivity contribution in [2.45, 2.75) is 65.0 Å². The largest absolute Gasteiger partial charge is 0.496 e. The highest BCUT2D eigenvalue weighted by Gasteiger charge is 2.29. The maximum absolute atomic E-state index is 12.9. The van der Waals surface area contributed by atoms with E-state index in [9.17, 15) is 14.4 Å². The van der Waals surface area contributed by atoms with Crippen molar-refractivity contribution in [3.63, 3.8) is 0 Å². The number of para-hydroxylation sites is 1. The third-order valence-corrected chi connectivity index (χ3v) is 6.59. The molecule has 0 saturated heterocycles. The van der Waals surface area contributed by atoms with Crippen molar-refractivity contribution in [2.75, 3.05) is 19.0 Å². The number of nitrogens with zero attached hydrogens (tertiary/aromatic N) is 1. The predicted molar refractivity (Wildman–Crippen MR) is 141 cm³/mol. The van der Waals surface area contributed by atoms with Gasteiger partial charge in [-0.15, -0.1) is 0 Å². The Morgan fingerprint density at radius 2 is 1.81 bits per heavy atom. The lowest BCUT2D eigenvalue weighted by molar-refractivity contribution is -0.157. The molecule has 0 bridgehead atoms. The van der Waals surface area contributed by atoms with E-state index in [1.807, 2.05) is 31.2 Å². The maximum atomic E-state index is 12.9. The molecule has 1 aromatic heterocycles. The number of amides is 1. The number of fused-ring (bicyclic) bond motifs is 1. The third kappa shape index (κ3) is 6.15. The highest BCUT2D eigenvalue weighted by Crippen LogP contribution is 2.35. The van der Waals surface area contributed by atoms with E-state index in [1.54, 1.807) is 44.6 Å². The fraction of sp³-hybridized carbons (Fsp3) is 0.464. The molecule has 0 atom stereocenters. The standard InChI is InChI=1S/C28H35N3O6/c1-17-9-12-19(15-23(17)35-5)29-26(33)18-10-13-20(14-11-18)31-21-7-6-8-22(25(21)30-27(31)34)36-16-24(32)37-28(2,3)4/h6-9,12,15,18,20H,10-11,13-14,16H2,1-5H3,(H,29,33)(H,30,34)/t18-,20+. The molecular formula is C28H35N3O6. The number of methoxy groups -OCH3 is 1. The number of anilines is 1. The third-order valence-electron chi connectivity index (χ3n) is 6.59. The number of carbonyl (C=O) groups is 2. The molecule has 9 nitrogen and oxygen atoms in total. The topological polar surface area (TPSA) is 112 Å². The van der Waals surface area contributed by atoms with Gasteiger partial charge in [-0.3, -0.25) is 9.36 Å². The van der Waals surface area contributed by atoms with E-state index in [1.165, 1.54) is 0 Å². The summed E-state index contributed by atoms with van der Waals surface area (Å²) < 4.78 is 18.1. The van der Waals surface area contributed by atoms with E-state index >= 15 is 0 Å². The first-order valence-electron chi connectivity index (χ1n) is 12.6. The molecule has 198 valence electrons. The molecule has 0 spiro atoms. The van der Waals surface area contributed by atoms with Crippen LogP contribution in [0.2, 0.25) is 0 Å². The molecule has 1 aliphatic carbocycles. The van der Waals surface area contributed by atoms with Crippen LogP contribution in [0.3, 0.4) is 0 Å². The molecule has 1 saturated carbocycles. The Kier molecular flexibility index (Phi) is 7.61. The Morgan fingerprint density at radius 1 is 1.08 bits per heavy atom. The summed E-state index contributed by atoms with van der Waals surface area (Å²) in [4.78, 5) is 40.8. The van der Waals surface area contributed by atoms with Crippen molar-refractivity contribution >= 4 is 28.6 Å². The molecule has 0 aliphatic heterocycles. The van der Waals surface area contributed by atoms with E-state index in [0.717, 1.165) is 11.3 Å². The second-order valence-corrected chi connectivity index (χ2v) is 10.5. The number of H-pyrrole nitrogens is 1. The molecule has 9 heteroatoms. The first-order valence-corrected chi connectivity index (χ1v) is 12.6. The number of hydrogen-bond donors (Lipinski definition) is 2. The van der Waals surface area contributed by atoms with Gasteiger partial charge in [0.15, 0.2) is 6.61 Å². The molecule has 4 rings (SSSR count). The normalized spacial score (nSPS) is 17.9. The van der Waals surface area contributed by atoms with Crippen LogP contribution in [0.5, 0.6) is 11.5 Å². The van der Waals surface area contributed by atoms with Crippen molar-refractivity contribution in [3.05, 3.63) is 52.4 Å². The smallest absolute Gasteiger partial charge is 0.344 e. The van der Waals surface area contributed by atoms with Crippen LogP contribution in [0, 0.1) is 12.8 Å². The second kappa shape index (κ2) is 10.7. The van der Waals surface area contributed by atoms with Crippen molar-refractivity contribution < 1.29 is 23.8 Å². The fourth-order valence-corrected chi connectivity index (χ4v) is 4.85. The highest BCUT2D eigenvalue weighted by atomic mass is 16.6. The van der Waals surface area contributed by atoms with Crippen LogP contribution >= 0.6 is 0 Å². The van der Waals surface area contributed by atoms with Crippen LogP contribution in [-0.4, -0.2) is 40.7 Å². The van der Waals surface area contributed by atoms with Gasteiger partial charge < -0.3 is 24.5 Å². The average Bonchev–Trinajstić information content (AvgIpc) is 3.19. The predicted octanol–water partition coefficient (Wildman–Crippen LogP) is 4.74. The minimum Gasteiger partial charge on any atom is -0.496 e. The van der Waals surface area contributed by atoms with Crippen LogP contribution in [0.1, 0.15) is 58.1 Å². The second-order valence-electron chi connectivity index (χ2n) is 10.5. The van der Waals surface area contributed by atoms with E-state index in [-0.39, 0.29) is 30.2 Å². The zero-order chi connectivity index (χ0) is 26.7. The highest BCUT2D eigenvalue weighted by molar-refractivity contribution is 5.92. The monoisotopic (exact) mass is 509 g/mol. The lowest BCUT2D eigenvalue weighted by atomic mass is 9.85. The van der Waals surface area contributed by atoms with Crippen LogP contribution in [0.15, 0.2) is 41.2 Å². The molecule has 1 fully saturated rings. The number of imidazole rings is 1. The Hall–Kier alpha value is -3.75. The molecule has 1 heterocycles. The van der Waals surface area contributed by atoms with Crippen molar-refractivity contribution in [3.8, 4) is 11.5 Å². The number of aryl methyl sites for hydroxylation is 1. The zero-order valence-electron chi connectivity index (χ0n) is 22.1. The van der Waals surface area contributed by atoms with Gasteiger partial charge in [-0.1, -0.05) is 12.1 Å². The Morgan fingerprint density at radius 3 is 2.49 bits per heavy atom. The summed E-state index contributed by atoms with van der Waals surface area (Å²) >= 11 is 0.